The number of imidazole rings is 1. The van der Waals surface area contributed by atoms with Gasteiger partial charge in [-0.3, -0.25) is 4.79 Å². The van der Waals surface area contributed by atoms with E-state index in [0.717, 1.165) is 35.6 Å². The van der Waals surface area contributed by atoms with Gasteiger partial charge in [0.25, 0.3) is 5.91 Å². The van der Waals surface area contributed by atoms with Gasteiger partial charge in [0.1, 0.15) is 11.5 Å². The fourth-order valence-corrected chi connectivity index (χ4v) is 3.56. The van der Waals surface area contributed by atoms with E-state index in [9.17, 15) is 4.79 Å². The average Bonchev–Trinajstić information content (AvgIpc) is 3.36. The van der Waals surface area contributed by atoms with Gasteiger partial charge >= 0.3 is 0 Å². The number of nitrogens with zero attached hydrogens (tertiary/aromatic N) is 4. The molecule has 7 nitrogen and oxygen atoms in total. The topological polar surface area (TPSA) is 77.3 Å². The second-order valence-electron chi connectivity index (χ2n) is 6.40. The van der Waals surface area contributed by atoms with Gasteiger partial charge in [0.05, 0.1) is 24.6 Å². The zero-order chi connectivity index (χ0) is 17.4. The molecule has 4 heterocycles. The van der Waals surface area contributed by atoms with Crippen molar-refractivity contribution in [2.45, 2.75) is 39.3 Å². The molecule has 1 aliphatic rings. The van der Waals surface area contributed by atoms with Crippen molar-refractivity contribution >= 4 is 5.91 Å². The highest BCUT2D eigenvalue weighted by Crippen LogP contribution is 2.36. The SMILES string of the molecule is Cc1noc(C)c1C1CCCN1C(=O)c1ccc(Cn2ccnc2)o1. The van der Waals surface area contributed by atoms with Crippen LogP contribution in [-0.4, -0.2) is 32.1 Å². The second-order valence-corrected chi connectivity index (χ2v) is 6.40. The van der Waals surface area contributed by atoms with E-state index >= 15 is 0 Å². The Morgan fingerprint density at radius 3 is 2.96 bits per heavy atom. The highest BCUT2D eigenvalue weighted by atomic mass is 16.5. The fourth-order valence-electron chi connectivity index (χ4n) is 3.56. The van der Waals surface area contributed by atoms with Crippen molar-refractivity contribution < 1.29 is 13.7 Å². The van der Waals surface area contributed by atoms with E-state index in [0.29, 0.717) is 18.8 Å². The average molecular weight is 340 g/mol. The van der Waals surface area contributed by atoms with Crippen LogP contribution in [0.15, 0.2) is 39.8 Å². The molecule has 25 heavy (non-hydrogen) atoms. The molecule has 7 heteroatoms. The Bertz CT molecular complexity index is 859. The summed E-state index contributed by atoms with van der Waals surface area (Å²) in [7, 11) is 0. The van der Waals surface area contributed by atoms with Gasteiger partial charge < -0.3 is 18.4 Å². The first-order valence-corrected chi connectivity index (χ1v) is 8.41. The predicted octanol–water partition coefficient (Wildman–Crippen LogP) is 3.11. The summed E-state index contributed by atoms with van der Waals surface area (Å²) >= 11 is 0. The third kappa shape index (κ3) is 2.86. The van der Waals surface area contributed by atoms with Crippen LogP contribution < -0.4 is 0 Å². The molecule has 1 aliphatic heterocycles. The Balaban J connectivity index is 1.55. The molecule has 1 saturated heterocycles. The van der Waals surface area contributed by atoms with Crippen LogP contribution >= 0.6 is 0 Å². The lowest BCUT2D eigenvalue weighted by molar-refractivity contribution is 0.0700. The second kappa shape index (κ2) is 6.23. The summed E-state index contributed by atoms with van der Waals surface area (Å²) in [6.45, 7) is 5.08. The van der Waals surface area contributed by atoms with Crippen LogP contribution in [0.4, 0.5) is 0 Å². The van der Waals surface area contributed by atoms with E-state index in [1.165, 1.54) is 0 Å². The summed E-state index contributed by atoms with van der Waals surface area (Å²) in [5.74, 6) is 1.80. The molecule has 1 atom stereocenters. The van der Waals surface area contributed by atoms with E-state index < -0.39 is 0 Å². The lowest BCUT2D eigenvalue weighted by atomic mass is 10.0. The number of rotatable bonds is 4. The van der Waals surface area contributed by atoms with Gasteiger partial charge in [-0.1, -0.05) is 5.16 Å². The number of likely N-dealkylation sites (tertiary alicyclic amines) is 1. The quantitative estimate of drug-likeness (QED) is 0.729. The summed E-state index contributed by atoms with van der Waals surface area (Å²) in [5.41, 5.74) is 1.87. The number of aromatic nitrogens is 3. The Hall–Kier alpha value is -2.83. The third-order valence-corrected chi connectivity index (χ3v) is 4.71. The molecule has 130 valence electrons. The number of amides is 1. The molecule has 0 aliphatic carbocycles. The van der Waals surface area contributed by atoms with Crippen LogP contribution in [0.3, 0.4) is 0 Å². The predicted molar refractivity (Wildman–Crippen MR) is 89.0 cm³/mol. The molecule has 0 spiro atoms. The minimum Gasteiger partial charge on any atom is -0.454 e. The number of carbonyl (C=O) groups is 1. The summed E-state index contributed by atoms with van der Waals surface area (Å²) in [6.07, 6.45) is 7.17. The lowest BCUT2D eigenvalue weighted by Crippen LogP contribution is -2.30. The van der Waals surface area contributed by atoms with Crippen molar-refractivity contribution in [1.29, 1.82) is 0 Å². The van der Waals surface area contributed by atoms with Crippen LogP contribution in [0.25, 0.3) is 0 Å². The first-order valence-electron chi connectivity index (χ1n) is 8.41. The minimum absolute atomic E-state index is 0.000878. The molecule has 3 aromatic heterocycles. The van der Waals surface area contributed by atoms with Crippen LogP contribution in [0.2, 0.25) is 0 Å². The van der Waals surface area contributed by atoms with E-state index in [2.05, 4.69) is 10.1 Å². The summed E-state index contributed by atoms with van der Waals surface area (Å²) in [4.78, 5) is 18.8. The first-order chi connectivity index (χ1) is 12.1. The number of furan rings is 1. The molecule has 0 aromatic carbocycles. The molecule has 1 fully saturated rings. The number of aryl methyl sites for hydroxylation is 2. The van der Waals surface area contributed by atoms with Gasteiger partial charge in [0.15, 0.2) is 5.76 Å². The van der Waals surface area contributed by atoms with Gasteiger partial charge in [-0.2, -0.15) is 0 Å². The molecule has 0 N–H and O–H groups in total. The summed E-state index contributed by atoms with van der Waals surface area (Å²) in [6, 6.07) is 3.59. The number of hydrogen-bond acceptors (Lipinski definition) is 5. The maximum Gasteiger partial charge on any atom is 0.290 e. The van der Waals surface area contributed by atoms with Gasteiger partial charge in [-0.25, -0.2) is 4.98 Å². The van der Waals surface area contributed by atoms with Crippen molar-refractivity contribution in [3.63, 3.8) is 0 Å². The summed E-state index contributed by atoms with van der Waals surface area (Å²) in [5, 5.41) is 4.03. The molecule has 3 aromatic rings. The standard InChI is InChI=1S/C18H20N4O3/c1-12-17(13(2)25-20-12)15-4-3-8-22(15)18(23)16-6-5-14(24-16)10-21-9-7-19-11-21/h5-7,9,11,15H,3-4,8,10H2,1-2H3. The Morgan fingerprint density at radius 1 is 1.36 bits per heavy atom. The number of carbonyl (C=O) groups excluding carboxylic acids is 1. The highest BCUT2D eigenvalue weighted by molar-refractivity contribution is 5.92. The van der Waals surface area contributed by atoms with E-state index in [-0.39, 0.29) is 11.9 Å². The number of hydrogen-bond donors (Lipinski definition) is 0. The maximum atomic E-state index is 13.0. The van der Waals surface area contributed by atoms with Crippen LogP contribution in [-0.2, 0) is 6.54 Å². The zero-order valence-corrected chi connectivity index (χ0v) is 14.3. The van der Waals surface area contributed by atoms with Gasteiger partial charge in [-0.15, -0.1) is 0 Å². The fraction of sp³-hybridized carbons (Fsp3) is 0.389. The molecule has 0 bridgehead atoms. The molecule has 1 amide bonds. The molecular weight excluding hydrogens is 320 g/mol. The van der Waals surface area contributed by atoms with Crippen molar-refractivity contribution in [1.82, 2.24) is 19.6 Å². The van der Waals surface area contributed by atoms with Gasteiger partial charge in [0, 0.05) is 24.5 Å². The molecule has 4 rings (SSSR count). The molecule has 0 saturated carbocycles. The highest BCUT2D eigenvalue weighted by Gasteiger charge is 2.35. The lowest BCUT2D eigenvalue weighted by Gasteiger charge is -2.23. The van der Waals surface area contributed by atoms with E-state index in [4.69, 9.17) is 8.94 Å². The third-order valence-electron chi connectivity index (χ3n) is 4.71. The first kappa shape index (κ1) is 15.7. The Morgan fingerprint density at radius 2 is 2.24 bits per heavy atom. The van der Waals surface area contributed by atoms with E-state index in [1.54, 1.807) is 18.6 Å². The minimum atomic E-state index is -0.0839. The summed E-state index contributed by atoms with van der Waals surface area (Å²) < 4.78 is 13.0. The Kier molecular flexibility index (Phi) is 3.91. The molecule has 0 radical (unpaired) electrons. The van der Waals surface area contributed by atoms with Crippen molar-refractivity contribution in [3.8, 4) is 0 Å². The Labute approximate surface area is 145 Å². The van der Waals surface area contributed by atoms with Crippen molar-refractivity contribution in [3.05, 3.63) is 59.4 Å². The van der Waals surface area contributed by atoms with Crippen LogP contribution in [0.1, 0.15) is 52.2 Å². The van der Waals surface area contributed by atoms with Gasteiger partial charge in [0.2, 0.25) is 0 Å². The van der Waals surface area contributed by atoms with Gasteiger partial charge in [-0.05, 0) is 38.8 Å². The normalized spacial score (nSPS) is 17.4. The van der Waals surface area contributed by atoms with Crippen LogP contribution in [0, 0.1) is 13.8 Å². The van der Waals surface area contributed by atoms with E-state index in [1.807, 2.05) is 35.6 Å². The largest absolute Gasteiger partial charge is 0.454 e. The van der Waals surface area contributed by atoms with Crippen molar-refractivity contribution in [2.24, 2.45) is 0 Å². The molecular formula is C18H20N4O3. The zero-order valence-electron chi connectivity index (χ0n) is 14.3. The smallest absolute Gasteiger partial charge is 0.290 e. The van der Waals surface area contributed by atoms with Crippen LogP contribution in [0.5, 0.6) is 0 Å². The maximum absolute atomic E-state index is 13.0. The molecule has 1 unspecified atom stereocenters. The monoisotopic (exact) mass is 340 g/mol. The van der Waals surface area contributed by atoms with Crippen molar-refractivity contribution in [2.75, 3.05) is 6.54 Å².